The lowest BCUT2D eigenvalue weighted by atomic mass is 10.0. The number of nitrogens with zero attached hydrogens (tertiary/aromatic N) is 1. The Morgan fingerprint density at radius 3 is 2.33 bits per heavy atom. The van der Waals surface area contributed by atoms with E-state index in [1.54, 1.807) is 24.3 Å². The fraction of sp³-hybridized carbons (Fsp3) is 0.192. The third-order valence-corrected chi connectivity index (χ3v) is 5.13. The molecule has 1 unspecified atom stereocenters. The summed E-state index contributed by atoms with van der Waals surface area (Å²) in [6.45, 7) is 4.12. The molecule has 0 fully saturated rings. The fourth-order valence-corrected chi connectivity index (χ4v) is 3.18. The van der Waals surface area contributed by atoms with Gasteiger partial charge in [-0.25, -0.2) is 5.43 Å². The molecular formula is C26H26ClN3O3. The summed E-state index contributed by atoms with van der Waals surface area (Å²) in [6.07, 6.45) is 1.52. The molecule has 0 aliphatic heterocycles. The smallest absolute Gasteiger partial charge is 0.262 e. The second-order valence-electron chi connectivity index (χ2n) is 7.75. The van der Waals surface area contributed by atoms with Gasteiger partial charge in [-0.3, -0.25) is 9.59 Å². The van der Waals surface area contributed by atoms with Crippen LogP contribution in [0.25, 0.3) is 0 Å². The van der Waals surface area contributed by atoms with Gasteiger partial charge >= 0.3 is 0 Å². The highest BCUT2D eigenvalue weighted by molar-refractivity contribution is 6.30. The van der Waals surface area contributed by atoms with E-state index in [0.717, 1.165) is 11.1 Å². The van der Waals surface area contributed by atoms with Crippen molar-refractivity contribution in [2.45, 2.75) is 26.5 Å². The van der Waals surface area contributed by atoms with Gasteiger partial charge in [-0.05, 0) is 47.9 Å². The molecule has 0 aliphatic carbocycles. The largest absolute Gasteiger partial charge is 0.488 e. The van der Waals surface area contributed by atoms with Crippen LogP contribution in [0.2, 0.25) is 5.02 Å². The molecule has 0 bridgehead atoms. The van der Waals surface area contributed by atoms with E-state index in [2.05, 4.69) is 15.8 Å². The van der Waals surface area contributed by atoms with Gasteiger partial charge in [-0.2, -0.15) is 5.10 Å². The van der Waals surface area contributed by atoms with Crippen LogP contribution in [0.15, 0.2) is 84.0 Å². The molecule has 2 amide bonds. The molecule has 7 heteroatoms. The molecule has 0 radical (unpaired) electrons. The first-order valence-corrected chi connectivity index (χ1v) is 11.0. The summed E-state index contributed by atoms with van der Waals surface area (Å²) in [5, 5.41) is 7.37. The zero-order chi connectivity index (χ0) is 23.6. The number of halogens is 1. The van der Waals surface area contributed by atoms with Gasteiger partial charge in [0.1, 0.15) is 18.4 Å². The molecule has 3 aromatic rings. The van der Waals surface area contributed by atoms with Gasteiger partial charge in [0.15, 0.2) is 0 Å². The average Bonchev–Trinajstić information content (AvgIpc) is 2.82. The summed E-state index contributed by atoms with van der Waals surface area (Å²) < 4.78 is 5.91. The predicted molar refractivity (Wildman–Crippen MR) is 130 cm³/mol. The summed E-state index contributed by atoms with van der Waals surface area (Å²) in [7, 11) is 0. The molecule has 0 heterocycles. The highest BCUT2D eigenvalue weighted by Crippen LogP contribution is 2.17. The molecular weight excluding hydrogens is 438 g/mol. The maximum absolute atomic E-state index is 12.7. The fourth-order valence-electron chi connectivity index (χ4n) is 3.05. The minimum Gasteiger partial charge on any atom is -0.488 e. The van der Waals surface area contributed by atoms with Crippen molar-refractivity contribution >= 4 is 29.6 Å². The second-order valence-corrected chi connectivity index (χ2v) is 8.18. The van der Waals surface area contributed by atoms with Gasteiger partial charge in [-0.1, -0.05) is 67.9 Å². The molecule has 3 rings (SSSR count). The number of benzene rings is 3. The topological polar surface area (TPSA) is 79.8 Å². The zero-order valence-corrected chi connectivity index (χ0v) is 19.3. The monoisotopic (exact) mass is 463 g/mol. The van der Waals surface area contributed by atoms with E-state index >= 15 is 0 Å². The number of hydrogen-bond donors (Lipinski definition) is 2. The minimum atomic E-state index is -0.755. The summed E-state index contributed by atoms with van der Waals surface area (Å²) in [6, 6.07) is 23.0. The summed E-state index contributed by atoms with van der Waals surface area (Å²) in [4.78, 5) is 25.2. The van der Waals surface area contributed by atoms with Crippen molar-refractivity contribution in [3.05, 3.63) is 101 Å². The number of ether oxygens (including phenoxy) is 1. The van der Waals surface area contributed by atoms with E-state index in [1.165, 1.54) is 6.21 Å². The molecule has 0 aliphatic rings. The van der Waals surface area contributed by atoms with Crippen LogP contribution in [-0.2, 0) is 11.4 Å². The number of para-hydroxylation sites is 1. The Kier molecular flexibility index (Phi) is 8.61. The highest BCUT2D eigenvalue weighted by Gasteiger charge is 2.24. The van der Waals surface area contributed by atoms with Crippen molar-refractivity contribution in [1.82, 2.24) is 10.7 Å². The maximum atomic E-state index is 12.7. The second kappa shape index (κ2) is 11.8. The van der Waals surface area contributed by atoms with Crippen LogP contribution < -0.4 is 15.5 Å². The molecule has 1 atom stereocenters. The van der Waals surface area contributed by atoms with Crippen LogP contribution in [0.4, 0.5) is 0 Å². The number of hydrazone groups is 1. The summed E-state index contributed by atoms with van der Waals surface area (Å²) >= 11 is 5.87. The Morgan fingerprint density at radius 1 is 0.970 bits per heavy atom. The number of rotatable bonds is 9. The Bertz CT molecular complexity index is 1100. The molecule has 0 aromatic heterocycles. The van der Waals surface area contributed by atoms with Crippen LogP contribution in [0, 0.1) is 5.92 Å². The Labute approximate surface area is 198 Å². The molecule has 170 valence electrons. The quantitative estimate of drug-likeness (QED) is 0.352. The lowest BCUT2D eigenvalue weighted by Gasteiger charge is -2.20. The van der Waals surface area contributed by atoms with E-state index in [-0.39, 0.29) is 11.8 Å². The summed E-state index contributed by atoms with van der Waals surface area (Å²) in [5.41, 5.74) is 4.71. The Morgan fingerprint density at radius 2 is 1.64 bits per heavy atom. The third-order valence-electron chi connectivity index (χ3n) is 4.88. The van der Waals surface area contributed by atoms with E-state index in [0.29, 0.717) is 22.9 Å². The Hall–Kier alpha value is -3.64. The summed E-state index contributed by atoms with van der Waals surface area (Å²) in [5.74, 6) is -0.260. The van der Waals surface area contributed by atoms with Gasteiger partial charge < -0.3 is 10.1 Å². The normalized spacial score (nSPS) is 11.9. The van der Waals surface area contributed by atoms with Gasteiger partial charge in [0.2, 0.25) is 0 Å². The van der Waals surface area contributed by atoms with Gasteiger partial charge in [-0.15, -0.1) is 0 Å². The van der Waals surface area contributed by atoms with Crippen molar-refractivity contribution < 1.29 is 14.3 Å². The van der Waals surface area contributed by atoms with Crippen LogP contribution in [0.3, 0.4) is 0 Å². The molecule has 3 aromatic carbocycles. The first-order chi connectivity index (χ1) is 15.9. The van der Waals surface area contributed by atoms with E-state index in [9.17, 15) is 9.59 Å². The lowest BCUT2D eigenvalue weighted by Crippen LogP contribution is -2.48. The van der Waals surface area contributed by atoms with E-state index < -0.39 is 11.9 Å². The molecule has 6 nitrogen and oxygen atoms in total. The zero-order valence-electron chi connectivity index (χ0n) is 18.5. The number of carbonyl (C=O) groups is 2. The van der Waals surface area contributed by atoms with Crippen LogP contribution in [0.5, 0.6) is 5.75 Å². The van der Waals surface area contributed by atoms with E-state index in [4.69, 9.17) is 16.3 Å². The van der Waals surface area contributed by atoms with Crippen LogP contribution in [0.1, 0.15) is 35.3 Å². The predicted octanol–water partition coefficient (Wildman–Crippen LogP) is 4.82. The molecule has 0 saturated heterocycles. The molecule has 0 saturated carbocycles. The van der Waals surface area contributed by atoms with Gasteiger partial charge in [0.05, 0.1) is 6.21 Å². The molecule has 0 spiro atoms. The molecule has 33 heavy (non-hydrogen) atoms. The van der Waals surface area contributed by atoms with E-state index in [1.807, 2.05) is 68.4 Å². The number of nitrogens with one attached hydrogen (secondary N) is 2. The van der Waals surface area contributed by atoms with Gasteiger partial charge in [0, 0.05) is 16.1 Å². The SMILES string of the molecule is CC(C)C(NC(=O)c1ccc(Cl)cc1)C(=O)NN=Cc1ccccc1OCc1ccccc1. The third kappa shape index (κ3) is 7.19. The minimum absolute atomic E-state index is 0.141. The number of hydrogen-bond acceptors (Lipinski definition) is 4. The van der Waals surface area contributed by atoms with Crippen molar-refractivity contribution in [3.63, 3.8) is 0 Å². The first kappa shape index (κ1) is 24.0. The van der Waals surface area contributed by atoms with Crippen molar-refractivity contribution in [1.29, 1.82) is 0 Å². The molecule has 2 N–H and O–H groups in total. The van der Waals surface area contributed by atoms with Crippen molar-refractivity contribution in [2.24, 2.45) is 11.0 Å². The first-order valence-electron chi connectivity index (χ1n) is 10.6. The van der Waals surface area contributed by atoms with Gasteiger partial charge in [0.25, 0.3) is 11.8 Å². The number of carbonyl (C=O) groups excluding carboxylic acids is 2. The maximum Gasteiger partial charge on any atom is 0.262 e. The Balaban J connectivity index is 1.61. The standard InChI is InChI=1S/C26H26ClN3O3/c1-18(2)24(29-25(31)20-12-14-22(27)15-13-20)26(32)30-28-16-21-10-6-7-11-23(21)33-17-19-8-4-3-5-9-19/h3-16,18,24H,17H2,1-2H3,(H,29,31)(H,30,32). The lowest BCUT2D eigenvalue weighted by molar-refractivity contribution is -0.123. The van der Waals surface area contributed by atoms with Crippen LogP contribution in [-0.4, -0.2) is 24.1 Å². The highest BCUT2D eigenvalue weighted by atomic mass is 35.5. The number of amides is 2. The van der Waals surface area contributed by atoms with Crippen LogP contribution >= 0.6 is 11.6 Å². The van der Waals surface area contributed by atoms with Crippen molar-refractivity contribution in [3.8, 4) is 5.75 Å². The van der Waals surface area contributed by atoms with Crippen molar-refractivity contribution in [2.75, 3.05) is 0 Å². The average molecular weight is 464 g/mol.